The number of nitro groups is 1. The zero-order valence-electron chi connectivity index (χ0n) is 15.4. The topological polar surface area (TPSA) is 130 Å². The van der Waals surface area contributed by atoms with Gasteiger partial charge in [-0.1, -0.05) is 19.1 Å². The van der Waals surface area contributed by atoms with Crippen molar-refractivity contribution < 1.29 is 22.9 Å². The molecule has 2 fully saturated rings. The third-order valence-electron chi connectivity index (χ3n) is 5.13. The number of carbonyl (C=O) groups is 2. The number of carbonyl (C=O) groups excluding carboxylic acids is 2. The van der Waals surface area contributed by atoms with Gasteiger partial charge in [0.25, 0.3) is 5.69 Å². The molecule has 1 aromatic carbocycles. The Balaban J connectivity index is 1.58. The molecule has 1 aromatic rings. The fourth-order valence-corrected chi connectivity index (χ4v) is 4.82. The van der Waals surface area contributed by atoms with Gasteiger partial charge in [-0.15, -0.1) is 0 Å². The van der Waals surface area contributed by atoms with Crippen molar-refractivity contribution in [2.45, 2.75) is 18.2 Å². The number of hydrogen-bond donors (Lipinski definition) is 1. The Morgan fingerprint density at radius 2 is 1.82 bits per heavy atom. The van der Waals surface area contributed by atoms with Gasteiger partial charge in [0.05, 0.1) is 11.5 Å². The van der Waals surface area contributed by atoms with Crippen LogP contribution in [0.25, 0.3) is 0 Å². The summed E-state index contributed by atoms with van der Waals surface area (Å²) in [7, 11) is -4.04. The van der Waals surface area contributed by atoms with Gasteiger partial charge in [-0.25, -0.2) is 8.42 Å². The molecule has 1 saturated heterocycles. The number of amides is 2. The molecule has 0 bridgehead atoms. The van der Waals surface area contributed by atoms with E-state index in [-0.39, 0.29) is 55.4 Å². The predicted octanol–water partition coefficient (Wildman–Crippen LogP) is 0.200. The summed E-state index contributed by atoms with van der Waals surface area (Å²) >= 11 is 0. The van der Waals surface area contributed by atoms with Crippen molar-refractivity contribution in [2.24, 2.45) is 11.8 Å². The number of nitrogens with zero attached hydrogens (tertiary/aromatic N) is 3. The summed E-state index contributed by atoms with van der Waals surface area (Å²) < 4.78 is 26.7. The fourth-order valence-electron chi connectivity index (χ4n) is 3.24. The summed E-state index contributed by atoms with van der Waals surface area (Å²) in [6.45, 7) is 2.26. The quantitative estimate of drug-likeness (QED) is 0.527. The highest BCUT2D eigenvalue weighted by Gasteiger charge is 2.39. The van der Waals surface area contributed by atoms with E-state index in [1.54, 1.807) is 0 Å². The average Bonchev–Trinajstić information content (AvgIpc) is 3.42. The van der Waals surface area contributed by atoms with Crippen LogP contribution in [0.5, 0.6) is 0 Å². The van der Waals surface area contributed by atoms with Gasteiger partial charge >= 0.3 is 0 Å². The van der Waals surface area contributed by atoms with E-state index in [4.69, 9.17) is 0 Å². The van der Waals surface area contributed by atoms with E-state index in [1.165, 1.54) is 23.1 Å². The Morgan fingerprint density at radius 3 is 2.39 bits per heavy atom. The molecular weight excluding hydrogens is 388 g/mol. The third-order valence-corrected chi connectivity index (χ3v) is 7.08. The Kier molecular flexibility index (Phi) is 5.66. The lowest BCUT2D eigenvalue weighted by Crippen LogP contribution is -2.52. The molecule has 1 N–H and O–H groups in total. The highest BCUT2D eigenvalue weighted by molar-refractivity contribution is 7.89. The van der Waals surface area contributed by atoms with Crippen LogP contribution in [0, 0.1) is 22.0 Å². The van der Waals surface area contributed by atoms with Crippen molar-refractivity contribution in [1.29, 1.82) is 0 Å². The SMILES string of the molecule is C[C@@H]1C[C@H]1C(=O)NCC(=O)N1CCN(S(=O)(=O)c2ccccc2[N+](=O)[O-])CC1. The van der Waals surface area contributed by atoms with Crippen LogP contribution >= 0.6 is 0 Å². The minimum absolute atomic E-state index is 0.0172. The van der Waals surface area contributed by atoms with Crippen molar-refractivity contribution in [3.05, 3.63) is 34.4 Å². The smallest absolute Gasteiger partial charge is 0.289 e. The van der Waals surface area contributed by atoms with Crippen molar-refractivity contribution in [3.8, 4) is 0 Å². The molecule has 152 valence electrons. The summed E-state index contributed by atoms with van der Waals surface area (Å²) in [6.07, 6.45) is 0.835. The number of nitro benzene ring substituents is 1. The van der Waals surface area contributed by atoms with Gasteiger partial charge in [0, 0.05) is 38.2 Å². The van der Waals surface area contributed by atoms with Crippen LogP contribution in [-0.2, 0) is 19.6 Å². The van der Waals surface area contributed by atoms with Gasteiger partial charge in [-0.2, -0.15) is 4.31 Å². The van der Waals surface area contributed by atoms with Gasteiger partial charge in [-0.05, 0) is 18.4 Å². The standard InChI is InChI=1S/C17H22N4O6S/c1-12-10-13(12)17(23)18-11-16(22)19-6-8-20(9-7-19)28(26,27)15-5-3-2-4-14(15)21(24)25/h2-5,12-13H,6-11H2,1H3,(H,18,23)/t12-,13-/m1/s1. The molecule has 11 heteroatoms. The number of para-hydroxylation sites is 1. The minimum atomic E-state index is -4.04. The first kappa shape index (κ1) is 20.2. The zero-order chi connectivity index (χ0) is 20.5. The minimum Gasteiger partial charge on any atom is -0.347 e. The molecule has 2 amide bonds. The molecule has 1 heterocycles. The number of sulfonamides is 1. The first-order valence-electron chi connectivity index (χ1n) is 9.01. The second-order valence-electron chi connectivity index (χ2n) is 7.05. The summed E-state index contributed by atoms with van der Waals surface area (Å²) in [5.74, 6) is -0.0646. The molecule has 0 unspecified atom stereocenters. The van der Waals surface area contributed by atoms with Crippen molar-refractivity contribution in [1.82, 2.24) is 14.5 Å². The molecule has 1 saturated carbocycles. The molecule has 28 heavy (non-hydrogen) atoms. The van der Waals surface area contributed by atoms with Crippen LogP contribution in [0.2, 0.25) is 0 Å². The zero-order valence-corrected chi connectivity index (χ0v) is 16.2. The van der Waals surface area contributed by atoms with Crippen LogP contribution in [0.3, 0.4) is 0 Å². The number of nitrogens with one attached hydrogen (secondary N) is 1. The van der Waals surface area contributed by atoms with Crippen LogP contribution in [-0.4, -0.2) is 67.1 Å². The molecule has 2 aliphatic rings. The summed E-state index contributed by atoms with van der Waals surface area (Å²) in [5.41, 5.74) is -0.474. The third kappa shape index (κ3) is 4.14. The molecule has 0 radical (unpaired) electrons. The lowest BCUT2D eigenvalue weighted by molar-refractivity contribution is -0.387. The van der Waals surface area contributed by atoms with Crippen molar-refractivity contribution >= 4 is 27.5 Å². The number of piperazine rings is 1. The Hall–Kier alpha value is -2.53. The molecule has 3 rings (SSSR count). The fraction of sp³-hybridized carbons (Fsp3) is 0.529. The monoisotopic (exact) mass is 410 g/mol. The van der Waals surface area contributed by atoms with Gasteiger partial charge in [0.1, 0.15) is 0 Å². The molecule has 2 atom stereocenters. The van der Waals surface area contributed by atoms with E-state index in [0.29, 0.717) is 5.92 Å². The van der Waals surface area contributed by atoms with Gasteiger partial charge in [0.15, 0.2) is 4.90 Å². The molecule has 1 aliphatic carbocycles. The largest absolute Gasteiger partial charge is 0.347 e. The number of benzene rings is 1. The number of rotatable bonds is 6. The van der Waals surface area contributed by atoms with E-state index < -0.39 is 20.6 Å². The van der Waals surface area contributed by atoms with E-state index >= 15 is 0 Å². The van der Waals surface area contributed by atoms with Crippen molar-refractivity contribution in [2.75, 3.05) is 32.7 Å². The summed E-state index contributed by atoms with van der Waals surface area (Å²) in [4.78, 5) is 35.6. The lowest BCUT2D eigenvalue weighted by Gasteiger charge is -2.34. The van der Waals surface area contributed by atoms with E-state index in [1.807, 2.05) is 6.92 Å². The van der Waals surface area contributed by atoms with Crippen molar-refractivity contribution in [3.63, 3.8) is 0 Å². The molecule has 1 aliphatic heterocycles. The molecule has 10 nitrogen and oxygen atoms in total. The van der Waals surface area contributed by atoms with E-state index in [0.717, 1.165) is 16.8 Å². The highest BCUT2D eigenvalue weighted by atomic mass is 32.2. The maximum atomic E-state index is 12.8. The van der Waals surface area contributed by atoms with Crippen LogP contribution in [0.1, 0.15) is 13.3 Å². The Labute approximate surface area is 162 Å². The Bertz CT molecular complexity index is 895. The van der Waals surface area contributed by atoms with Gasteiger partial charge in [-0.3, -0.25) is 19.7 Å². The first-order chi connectivity index (χ1) is 13.2. The lowest BCUT2D eigenvalue weighted by atomic mass is 10.3. The first-order valence-corrected chi connectivity index (χ1v) is 10.4. The second-order valence-corrected chi connectivity index (χ2v) is 8.95. The predicted molar refractivity (Wildman–Crippen MR) is 98.7 cm³/mol. The van der Waals surface area contributed by atoms with Crippen LogP contribution in [0.4, 0.5) is 5.69 Å². The summed E-state index contributed by atoms with van der Waals surface area (Å²) in [5, 5.41) is 13.7. The number of hydrogen-bond acceptors (Lipinski definition) is 6. The molecule has 0 spiro atoms. The molecule has 0 aromatic heterocycles. The highest BCUT2D eigenvalue weighted by Crippen LogP contribution is 2.37. The van der Waals surface area contributed by atoms with Gasteiger partial charge in [0.2, 0.25) is 21.8 Å². The average molecular weight is 410 g/mol. The maximum absolute atomic E-state index is 12.8. The summed E-state index contributed by atoms with van der Waals surface area (Å²) in [6, 6.07) is 5.20. The van der Waals surface area contributed by atoms with Crippen LogP contribution in [0.15, 0.2) is 29.2 Å². The van der Waals surface area contributed by atoms with E-state index in [9.17, 15) is 28.1 Å². The Morgan fingerprint density at radius 1 is 1.21 bits per heavy atom. The normalized spacial score (nSPS) is 22.5. The van der Waals surface area contributed by atoms with Gasteiger partial charge < -0.3 is 10.2 Å². The second kappa shape index (κ2) is 7.84. The van der Waals surface area contributed by atoms with E-state index in [2.05, 4.69) is 5.32 Å². The molecular formula is C17H22N4O6S. The maximum Gasteiger partial charge on any atom is 0.289 e. The van der Waals surface area contributed by atoms with Crippen LogP contribution < -0.4 is 5.32 Å².